The number of rotatable bonds is 5. The highest BCUT2D eigenvalue weighted by Crippen LogP contribution is 2.17. The summed E-state index contributed by atoms with van der Waals surface area (Å²) in [7, 11) is -3.77. The van der Waals surface area contributed by atoms with Gasteiger partial charge in [0.1, 0.15) is 11.5 Å². The minimum absolute atomic E-state index is 0.00610. The number of primary sulfonamides is 1. The number of carbonyl (C=O) groups excluding carboxylic acids is 1. The maximum absolute atomic E-state index is 13.8. The maximum Gasteiger partial charge on any atom is 0.272 e. The number of hydrogen-bond acceptors (Lipinski definition) is 4. The Morgan fingerprint density at radius 1 is 1.15 bits per heavy atom. The quantitative estimate of drug-likeness (QED) is 0.698. The molecule has 0 aliphatic heterocycles. The topological polar surface area (TPSA) is 107 Å². The van der Waals surface area contributed by atoms with E-state index in [1.54, 1.807) is 37.3 Å². The SMILES string of the molecule is C[C@@H](NC(=O)c1ccn(-c2ccccc2F)n1)c1ccc(S(N)(=O)=O)cc1. The zero-order valence-corrected chi connectivity index (χ0v) is 15.2. The highest BCUT2D eigenvalue weighted by atomic mass is 32.2. The molecule has 0 aliphatic carbocycles. The molecule has 0 radical (unpaired) electrons. The number of benzene rings is 2. The molecule has 1 aromatic heterocycles. The van der Waals surface area contributed by atoms with Crippen LogP contribution < -0.4 is 10.5 Å². The average molecular weight is 388 g/mol. The van der Waals surface area contributed by atoms with Gasteiger partial charge in [-0.2, -0.15) is 5.10 Å². The van der Waals surface area contributed by atoms with E-state index in [1.807, 2.05) is 0 Å². The van der Waals surface area contributed by atoms with Crippen LogP contribution in [0.15, 0.2) is 65.7 Å². The summed E-state index contributed by atoms with van der Waals surface area (Å²) in [5, 5.41) is 11.9. The first-order valence-electron chi connectivity index (χ1n) is 8.00. The summed E-state index contributed by atoms with van der Waals surface area (Å²) in [6.45, 7) is 1.75. The average Bonchev–Trinajstić information content (AvgIpc) is 3.11. The standard InChI is InChI=1S/C18H17FN4O3S/c1-12(13-6-8-14(9-7-13)27(20,25)26)21-18(24)16-10-11-23(22-16)17-5-3-2-4-15(17)19/h2-12H,1H3,(H,21,24)(H2,20,25,26)/t12-/m1/s1. The van der Waals surface area contributed by atoms with Gasteiger partial charge in [-0.1, -0.05) is 24.3 Å². The number of carbonyl (C=O) groups is 1. The normalized spacial score (nSPS) is 12.6. The van der Waals surface area contributed by atoms with Crippen molar-refractivity contribution in [2.45, 2.75) is 17.9 Å². The minimum atomic E-state index is -3.77. The zero-order valence-electron chi connectivity index (χ0n) is 14.3. The number of nitrogens with two attached hydrogens (primary N) is 1. The van der Waals surface area contributed by atoms with E-state index in [4.69, 9.17) is 5.14 Å². The van der Waals surface area contributed by atoms with Crippen molar-refractivity contribution in [1.29, 1.82) is 0 Å². The van der Waals surface area contributed by atoms with Gasteiger partial charge in [-0.15, -0.1) is 0 Å². The number of aromatic nitrogens is 2. The molecule has 0 fully saturated rings. The van der Waals surface area contributed by atoms with Crippen LogP contribution >= 0.6 is 0 Å². The summed E-state index contributed by atoms with van der Waals surface area (Å²) in [4.78, 5) is 12.4. The molecular weight excluding hydrogens is 371 g/mol. The smallest absolute Gasteiger partial charge is 0.272 e. The maximum atomic E-state index is 13.8. The lowest BCUT2D eigenvalue weighted by Gasteiger charge is -2.13. The Balaban J connectivity index is 1.73. The van der Waals surface area contributed by atoms with E-state index >= 15 is 0 Å². The monoisotopic (exact) mass is 388 g/mol. The van der Waals surface area contributed by atoms with Gasteiger partial charge in [0.25, 0.3) is 5.91 Å². The Morgan fingerprint density at radius 2 is 1.81 bits per heavy atom. The summed E-state index contributed by atoms with van der Waals surface area (Å²) < 4.78 is 37.7. The number of halogens is 1. The van der Waals surface area contributed by atoms with Crippen LogP contribution in [0.5, 0.6) is 0 Å². The molecule has 0 aliphatic rings. The summed E-state index contributed by atoms with van der Waals surface area (Å²) in [6, 6.07) is 13.1. The van der Waals surface area contributed by atoms with E-state index in [0.717, 1.165) is 0 Å². The molecule has 1 amide bonds. The van der Waals surface area contributed by atoms with Gasteiger partial charge in [-0.05, 0) is 42.8 Å². The van der Waals surface area contributed by atoms with E-state index in [2.05, 4.69) is 10.4 Å². The van der Waals surface area contributed by atoms with Crippen LogP contribution in [0.1, 0.15) is 29.0 Å². The highest BCUT2D eigenvalue weighted by Gasteiger charge is 2.16. The van der Waals surface area contributed by atoms with Crippen LogP contribution in [0.4, 0.5) is 4.39 Å². The van der Waals surface area contributed by atoms with Gasteiger partial charge in [0, 0.05) is 6.20 Å². The fourth-order valence-electron chi connectivity index (χ4n) is 2.52. The molecule has 7 nitrogen and oxygen atoms in total. The molecule has 1 atom stereocenters. The Hall–Kier alpha value is -3.04. The van der Waals surface area contributed by atoms with Crippen LogP contribution in [-0.2, 0) is 10.0 Å². The van der Waals surface area contributed by atoms with Gasteiger partial charge in [0.05, 0.1) is 10.9 Å². The number of nitrogens with one attached hydrogen (secondary N) is 1. The Bertz CT molecular complexity index is 1080. The van der Waals surface area contributed by atoms with Crippen LogP contribution in [-0.4, -0.2) is 24.1 Å². The molecule has 0 saturated carbocycles. The lowest BCUT2D eigenvalue weighted by molar-refractivity contribution is 0.0934. The molecule has 3 rings (SSSR count). The highest BCUT2D eigenvalue weighted by molar-refractivity contribution is 7.89. The predicted octanol–water partition coefficient (Wildman–Crippen LogP) is 2.15. The third kappa shape index (κ3) is 4.21. The van der Waals surface area contributed by atoms with E-state index in [9.17, 15) is 17.6 Å². The molecule has 0 bridgehead atoms. The molecular formula is C18H17FN4O3S. The molecule has 1 heterocycles. The van der Waals surface area contributed by atoms with Crippen molar-refractivity contribution in [3.05, 3.63) is 77.9 Å². The van der Waals surface area contributed by atoms with Crippen molar-refractivity contribution < 1.29 is 17.6 Å². The molecule has 9 heteroatoms. The number of amides is 1. The summed E-state index contributed by atoms with van der Waals surface area (Å²) in [6.07, 6.45) is 1.50. The van der Waals surface area contributed by atoms with Gasteiger partial charge in [0.15, 0.2) is 5.69 Å². The summed E-state index contributed by atoms with van der Waals surface area (Å²) in [5.41, 5.74) is 1.07. The van der Waals surface area contributed by atoms with E-state index in [-0.39, 0.29) is 16.3 Å². The van der Waals surface area contributed by atoms with Crippen molar-refractivity contribution in [3.8, 4) is 5.69 Å². The number of para-hydroxylation sites is 1. The molecule has 0 spiro atoms. The van der Waals surface area contributed by atoms with Crippen molar-refractivity contribution >= 4 is 15.9 Å². The molecule has 3 aromatic rings. The molecule has 0 saturated heterocycles. The molecule has 27 heavy (non-hydrogen) atoms. The fraction of sp³-hybridized carbons (Fsp3) is 0.111. The van der Waals surface area contributed by atoms with Gasteiger partial charge < -0.3 is 5.32 Å². The lowest BCUT2D eigenvalue weighted by atomic mass is 10.1. The van der Waals surface area contributed by atoms with Crippen molar-refractivity contribution in [2.24, 2.45) is 5.14 Å². The van der Waals surface area contributed by atoms with Crippen LogP contribution in [0.25, 0.3) is 5.69 Å². The molecule has 2 aromatic carbocycles. The van der Waals surface area contributed by atoms with Crippen molar-refractivity contribution in [1.82, 2.24) is 15.1 Å². The first kappa shape index (κ1) is 18.7. The molecule has 3 N–H and O–H groups in total. The lowest BCUT2D eigenvalue weighted by Crippen LogP contribution is -2.27. The summed E-state index contributed by atoms with van der Waals surface area (Å²) in [5.74, 6) is -0.885. The van der Waals surface area contributed by atoms with Crippen LogP contribution in [0.2, 0.25) is 0 Å². The third-order valence-corrected chi connectivity index (χ3v) is 4.91. The van der Waals surface area contributed by atoms with E-state index < -0.39 is 27.8 Å². The molecule has 140 valence electrons. The molecule has 0 unspecified atom stereocenters. The second-order valence-electron chi connectivity index (χ2n) is 5.91. The first-order chi connectivity index (χ1) is 12.8. The van der Waals surface area contributed by atoms with Gasteiger partial charge in [-0.3, -0.25) is 4.79 Å². The fourth-order valence-corrected chi connectivity index (χ4v) is 3.03. The van der Waals surface area contributed by atoms with Gasteiger partial charge in [-0.25, -0.2) is 22.6 Å². The second kappa shape index (κ2) is 7.29. The number of hydrogen-bond donors (Lipinski definition) is 2. The Kier molecular flexibility index (Phi) is 5.06. The first-order valence-corrected chi connectivity index (χ1v) is 9.54. The van der Waals surface area contributed by atoms with E-state index in [0.29, 0.717) is 5.56 Å². The number of sulfonamides is 1. The van der Waals surface area contributed by atoms with Crippen LogP contribution in [0, 0.1) is 5.82 Å². The minimum Gasteiger partial charge on any atom is -0.344 e. The Labute approximate surface area is 155 Å². The summed E-state index contributed by atoms with van der Waals surface area (Å²) >= 11 is 0. The Morgan fingerprint density at radius 3 is 2.44 bits per heavy atom. The number of nitrogens with zero attached hydrogens (tertiary/aromatic N) is 2. The largest absolute Gasteiger partial charge is 0.344 e. The third-order valence-electron chi connectivity index (χ3n) is 3.98. The predicted molar refractivity (Wildman–Crippen MR) is 97.2 cm³/mol. The zero-order chi connectivity index (χ0) is 19.6. The van der Waals surface area contributed by atoms with Crippen LogP contribution in [0.3, 0.4) is 0 Å². The van der Waals surface area contributed by atoms with Gasteiger partial charge >= 0.3 is 0 Å². The van der Waals surface area contributed by atoms with E-state index in [1.165, 1.54) is 35.1 Å². The van der Waals surface area contributed by atoms with Crippen molar-refractivity contribution in [2.75, 3.05) is 0 Å². The second-order valence-corrected chi connectivity index (χ2v) is 7.47. The van der Waals surface area contributed by atoms with Gasteiger partial charge in [0.2, 0.25) is 10.0 Å². The van der Waals surface area contributed by atoms with Crippen molar-refractivity contribution in [3.63, 3.8) is 0 Å².